The van der Waals surface area contributed by atoms with Crippen LogP contribution in [0.5, 0.6) is 5.75 Å². The molecule has 0 spiro atoms. The Balaban J connectivity index is 1.73. The molecule has 36 heavy (non-hydrogen) atoms. The summed E-state index contributed by atoms with van der Waals surface area (Å²) in [5.74, 6) is 0.515. The molecule has 2 aliphatic carbocycles. The molecule has 0 radical (unpaired) electrons. The first-order chi connectivity index (χ1) is 17.3. The number of hydrogen-bond donors (Lipinski definition) is 2. The minimum Gasteiger partial charge on any atom is -0.502 e. The molecule has 0 saturated heterocycles. The van der Waals surface area contributed by atoms with Gasteiger partial charge in [0, 0.05) is 22.9 Å². The van der Waals surface area contributed by atoms with E-state index < -0.39 is 23.1 Å². The molecule has 1 amide bonds. The second kappa shape index (κ2) is 9.98. The molecule has 0 saturated carbocycles. The zero-order chi connectivity index (χ0) is 25.6. The molecule has 3 heterocycles. The number of aromatic nitrogens is 1. The summed E-state index contributed by atoms with van der Waals surface area (Å²) in [6.07, 6.45) is 14.0. The summed E-state index contributed by atoms with van der Waals surface area (Å²) < 4.78 is 1.69. The average Bonchev–Trinajstić information content (AvgIpc) is 3.03. The topological polar surface area (TPSA) is 86.0 Å². The number of pyridine rings is 1. The largest absolute Gasteiger partial charge is 0.502 e. The van der Waals surface area contributed by atoms with Crippen LogP contribution in [0.1, 0.15) is 56.9 Å². The molecule has 4 aliphatic rings. The first-order valence-electron chi connectivity index (χ1n) is 12.9. The number of aromatic hydroxyl groups is 1. The number of allylic oxidation sites excluding steroid dienone is 4. The van der Waals surface area contributed by atoms with E-state index in [1.54, 1.807) is 15.8 Å². The van der Waals surface area contributed by atoms with Gasteiger partial charge in [-0.3, -0.25) is 19.3 Å². The molecule has 2 aliphatic heterocycles. The summed E-state index contributed by atoms with van der Waals surface area (Å²) in [4.78, 5) is 29.1. The Kier molecular flexibility index (Phi) is 6.92. The fraction of sp³-hybridized carbons (Fsp3) is 0.500. The second-order valence-electron chi connectivity index (χ2n) is 10.6. The summed E-state index contributed by atoms with van der Waals surface area (Å²) in [5.41, 5.74) is 3.36. The molecule has 7 nitrogen and oxygen atoms in total. The van der Waals surface area contributed by atoms with E-state index in [1.807, 2.05) is 11.8 Å². The Labute approximate surface area is 216 Å². The summed E-state index contributed by atoms with van der Waals surface area (Å²) >= 11 is 1.86. The van der Waals surface area contributed by atoms with Crippen LogP contribution in [0.4, 0.5) is 0 Å². The number of nitrogens with zero attached hydrogens (tertiary/aromatic N) is 3. The fourth-order valence-corrected chi connectivity index (χ4v) is 7.14. The number of thioether (sulfide) groups is 1. The van der Waals surface area contributed by atoms with Crippen molar-refractivity contribution in [2.75, 3.05) is 24.0 Å². The highest BCUT2D eigenvalue weighted by atomic mass is 32.2. The third kappa shape index (κ3) is 4.24. The Bertz CT molecular complexity index is 1240. The van der Waals surface area contributed by atoms with Crippen LogP contribution in [0, 0.1) is 11.8 Å². The van der Waals surface area contributed by atoms with Gasteiger partial charge in [-0.25, -0.2) is 0 Å². The second-order valence-corrected chi connectivity index (χ2v) is 11.6. The van der Waals surface area contributed by atoms with Crippen molar-refractivity contribution in [3.63, 3.8) is 0 Å². The van der Waals surface area contributed by atoms with Crippen molar-refractivity contribution in [2.45, 2.75) is 58.5 Å². The zero-order valence-electron chi connectivity index (χ0n) is 21.2. The van der Waals surface area contributed by atoms with Crippen LogP contribution in [0.15, 0.2) is 63.0 Å². The normalized spacial score (nSPS) is 24.6. The van der Waals surface area contributed by atoms with Crippen LogP contribution in [-0.4, -0.2) is 56.8 Å². The van der Waals surface area contributed by atoms with Gasteiger partial charge in [-0.15, -0.1) is 11.8 Å². The monoisotopic (exact) mass is 509 g/mol. The molecular weight excluding hydrogens is 474 g/mol. The molecule has 0 aromatic carbocycles. The van der Waals surface area contributed by atoms with E-state index in [0.29, 0.717) is 12.3 Å². The fourth-order valence-electron chi connectivity index (χ4n) is 5.97. The molecule has 2 unspecified atom stereocenters. The van der Waals surface area contributed by atoms with E-state index in [2.05, 4.69) is 50.1 Å². The Hall–Kier alpha value is -2.71. The van der Waals surface area contributed by atoms with Crippen molar-refractivity contribution < 1.29 is 15.0 Å². The number of carbonyl (C=O) groups excluding carboxylic acids is 1. The van der Waals surface area contributed by atoms with Crippen LogP contribution in [0.2, 0.25) is 0 Å². The zero-order valence-corrected chi connectivity index (χ0v) is 22.0. The lowest BCUT2D eigenvalue weighted by Gasteiger charge is -2.48. The SMILES string of the molecule is CC(C)C[C@@H](CO)N1CN(C2C3=C(C=CCC3)SCC3=C2C(C)CC=C3)n2ccc(=O)c(O)c2C1=O. The molecule has 0 fully saturated rings. The van der Waals surface area contributed by atoms with Gasteiger partial charge in [0.1, 0.15) is 6.67 Å². The Morgan fingerprint density at radius 3 is 2.75 bits per heavy atom. The van der Waals surface area contributed by atoms with Crippen LogP contribution in [0.25, 0.3) is 0 Å². The maximum Gasteiger partial charge on any atom is 0.278 e. The molecule has 1 aromatic heterocycles. The van der Waals surface area contributed by atoms with E-state index in [-0.39, 0.29) is 30.9 Å². The molecule has 192 valence electrons. The highest BCUT2D eigenvalue weighted by Crippen LogP contribution is 2.44. The summed E-state index contributed by atoms with van der Waals surface area (Å²) in [6.45, 7) is 6.46. The molecule has 0 bridgehead atoms. The minimum atomic E-state index is -0.577. The molecular formula is C28H35N3O4S. The maximum absolute atomic E-state index is 13.7. The lowest BCUT2D eigenvalue weighted by Crippen LogP contribution is -2.62. The van der Waals surface area contributed by atoms with Crippen molar-refractivity contribution in [2.24, 2.45) is 11.8 Å². The lowest BCUT2D eigenvalue weighted by atomic mass is 9.79. The van der Waals surface area contributed by atoms with Gasteiger partial charge in [0.25, 0.3) is 5.91 Å². The minimum absolute atomic E-state index is 0.0255. The van der Waals surface area contributed by atoms with Gasteiger partial charge in [-0.05, 0) is 54.2 Å². The van der Waals surface area contributed by atoms with Crippen LogP contribution in [-0.2, 0) is 0 Å². The molecule has 3 atom stereocenters. The molecule has 1 aromatic rings. The number of rotatable bonds is 5. The first kappa shape index (κ1) is 25.0. The van der Waals surface area contributed by atoms with Gasteiger partial charge in [0.2, 0.25) is 5.43 Å². The van der Waals surface area contributed by atoms with Gasteiger partial charge in [-0.1, -0.05) is 45.1 Å². The summed E-state index contributed by atoms with van der Waals surface area (Å²) in [5, 5.41) is 23.3. The van der Waals surface area contributed by atoms with E-state index in [9.17, 15) is 19.8 Å². The van der Waals surface area contributed by atoms with Crippen molar-refractivity contribution in [3.8, 4) is 5.75 Å². The Morgan fingerprint density at radius 1 is 1.19 bits per heavy atom. The lowest BCUT2D eigenvalue weighted by molar-refractivity contribution is 0.0463. The van der Waals surface area contributed by atoms with E-state index in [1.165, 1.54) is 27.7 Å². The quantitative estimate of drug-likeness (QED) is 0.626. The number of aliphatic hydroxyl groups excluding tert-OH is 1. The van der Waals surface area contributed by atoms with E-state index in [0.717, 1.165) is 25.0 Å². The Morgan fingerprint density at radius 2 is 2.00 bits per heavy atom. The molecule has 2 N–H and O–H groups in total. The third-order valence-corrected chi connectivity index (χ3v) is 8.83. The number of aliphatic hydroxyl groups is 1. The predicted octanol–water partition coefficient (Wildman–Crippen LogP) is 3.92. The first-order valence-corrected chi connectivity index (χ1v) is 13.9. The number of amides is 1. The van der Waals surface area contributed by atoms with Crippen LogP contribution < -0.4 is 10.4 Å². The molecule has 5 rings (SSSR count). The standard InChI is InChI=1S/C28H35N3O4S/c1-17(2)13-20(14-32)29-16-31(30-12-11-22(33)27(34)26(30)28(29)35)25-21-9-4-5-10-23(21)36-15-19-8-6-7-18(3)24(19)25/h5-6,8,10-12,17-18,20,25,32,34H,4,7,9,13-16H2,1-3H3/t18?,20-,25?/m0/s1. The van der Waals surface area contributed by atoms with Crippen molar-refractivity contribution in [1.29, 1.82) is 0 Å². The van der Waals surface area contributed by atoms with Gasteiger partial charge >= 0.3 is 0 Å². The van der Waals surface area contributed by atoms with Crippen LogP contribution >= 0.6 is 11.8 Å². The van der Waals surface area contributed by atoms with Gasteiger partial charge in [0.15, 0.2) is 11.4 Å². The molecule has 8 heteroatoms. The predicted molar refractivity (Wildman–Crippen MR) is 144 cm³/mol. The average molecular weight is 510 g/mol. The van der Waals surface area contributed by atoms with Gasteiger partial charge < -0.3 is 15.1 Å². The summed E-state index contributed by atoms with van der Waals surface area (Å²) in [6, 6.07) is 0.790. The third-order valence-electron chi connectivity index (χ3n) is 7.67. The number of hydrogen-bond acceptors (Lipinski definition) is 6. The van der Waals surface area contributed by atoms with E-state index >= 15 is 0 Å². The highest BCUT2D eigenvalue weighted by molar-refractivity contribution is 8.03. The number of carbonyl (C=O) groups is 1. The number of fused-ring (bicyclic) bond motifs is 1. The smallest absolute Gasteiger partial charge is 0.278 e. The van der Waals surface area contributed by atoms with Gasteiger partial charge in [0.05, 0.1) is 18.7 Å². The van der Waals surface area contributed by atoms with E-state index in [4.69, 9.17) is 0 Å². The van der Waals surface area contributed by atoms with Crippen molar-refractivity contribution in [1.82, 2.24) is 9.58 Å². The highest BCUT2D eigenvalue weighted by Gasteiger charge is 2.43. The van der Waals surface area contributed by atoms with Gasteiger partial charge in [-0.2, -0.15) is 0 Å². The van der Waals surface area contributed by atoms with Crippen molar-refractivity contribution >= 4 is 17.7 Å². The van der Waals surface area contributed by atoms with Crippen LogP contribution in [0.3, 0.4) is 0 Å². The summed E-state index contributed by atoms with van der Waals surface area (Å²) in [7, 11) is 0. The maximum atomic E-state index is 13.7. The van der Waals surface area contributed by atoms with Crippen molar-refractivity contribution in [3.05, 3.63) is 74.1 Å².